The van der Waals surface area contributed by atoms with Crippen molar-refractivity contribution in [3.63, 3.8) is 0 Å². The average Bonchev–Trinajstić information content (AvgIpc) is 1.98. The van der Waals surface area contributed by atoms with Gasteiger partial charge in [0.1, 0.15) is 6.61 Å². The van der Waals surface area contributed by atoms with Gasteiger partial charge in [0.15, 0.2) is 0 Å². The first-order valence-electron chi connectivity index (χ1n) is 2.79. The monoisotopic (exact) mass is 158 g/mol. The predicted octanol–water partition coefficient (Wildman–Crippen LogP) is 1.20. The van der Waals surface area contributed by atoms with Crippen molar-refractivity contribution < 1.29 is 9.53 Å². The number of ether oxygens (including phenoxy) is 1. The number of carbonyl (C=O) groups is 1. The van der Waals surface area contributed by atoms with E-state index in [0.29, 0.717) is 11.3 Å². The summed E-state index contributed by atoms with van der Waals surface area (Å²) in [6.07, 6.45) is 1.50. The molecule has 0 aliphatic rings. The van der Waals surface area contributed by atoms with E-state index < -0.39 is 5.97 Å². The Labute approximate surface area is 66.0 Å². The zero-order valence-electron chi connectivity index (χ0n) is 5.67. The molecule has 0 radical (unpaired) electrons. The highest BCUT2D eigenvalue weighted by molar-refractivity contribution is 7.80. The summed E-state index contributed by atoms with van der Waals surface area (Å²) in [6, 6.07) is 0. The maximum absolute atomic E-state index is 10.7. The fourth-order valence-corrected chi connectivity index (χ4v) is 0.430. The summed E-state index contributed by atoms with van der Waals surface area (Å²) in [5.74, 6) is -0.0782. The van der Waals surface area contributed by atoms with E-state index in [2.05, 4.69) is 30.5 Å². The van der Waals surface area contributed by atoms with E-state index >= 15 is 0 Å². The van der Waals surface area contributed by atoms with E-state index in [1.54, 1.807) is 0 Å². The number of thiol groups is 1. The molecule has 0 N–H and O–H groups in total. The minimum Gasteiger partial charge on any atom is -0.458 e. The molecule has 0 amide bonds. The highest BCUT2D eigenvalue weighted by atomic mass is 32.1. The lowest BCUT2D eigenvalue weighted by molar-refractivity contribution is -0.137. The van der Waals surface area contributed by atoms with Gasteiger partial charge in [-0.2, -0.15) is 12.6 Å². The van der Waals surface area contributed by atoms with Gasteiger partial charge < -0.3 is 4.74 Å². The molecule has 56 valence electrons. The Bertz CT molecular complexity index is 152. The van der Waals surface area contributed by atoms with Crippen molar-refractivity contribution in [2.75, 3.05) is 12.4 Å². The van der Waals surface area contributed by atoms with Gasteiger partial charge in [-0.3, -0.25) is 0 Å². The zero-order valence-corrected chi connectivity index (χ0v) is 6.56. The second kappa shape index (κ2) is 5.11. The summed E-state index contributed by atoms with van der Waals surface area (Å²) < 4.78 is 4.64. The maximum Gasteiger partial charge on any atom is 0.334 e. The second-order valence-corrected chi connectivity index (χ2v) is 1.97. The topological polar surface area (TPSA) is 26.3 Å². The van der Waals surface area contributed by atoms with E-state index in [1.807, 2.05) is 0 Å². The van der Waals surface area contributed by atoms with Gasteiger partial charge in [-0.1, -0.05) is 19.2 Å². The molecular formula is C7H10O2S. The SMILES string of the molecule is C=CCOC(=O)C(=C)CS. The van der Waals surface area contributed by atoms with E-state index in [0.717, 1.165) is 0 Å². The van der Waals surface area contributed by atoms with Crippen molar-refractivity contribution in [1.29, 1.82) is 0 Å². The Hall–Kier alpha value is -0.700. The highest BCUT2D eigenvalue weighted by Crippen LogP contribution is 1.96. The molecule has 0 aromatic heterocycles. The summed E-state index contributed by atoms with van der Waals surface area (Å²) in [5, 5.41) is 0. The Balaban J connectivity index is 3.62. The third-order valence-electron chi connectivity index (χ3n) is 0.812. The molecule has 0 rings (SSSR count). The fraction of sp³-hybridized carbons (Fsp3) is 0.286. The third-order valence-corrected chi connectivity index (χ3v) is 1.19. The quantitative estimate of drug-likeness (QED) is 0.288. The van der Waals surface area contributed by atoms with Crippen LogP contribution in [-0.2, 0) is 9.53 Å². The predicted molar refractivity (Wildman–Crippen MR) is 44.1 cm³/mol. The van der Waals surface area contributed by atoms with Crippen molar-refractivity contribution in [2.45, 2.75) is 0 Å². The molecule has 0 aromatic carbocycles. The van der Waals surface area contributed by atoms with Crippen LogP contribution in [0.2, 0.25) is 0 Å². The number of hydrogen-bond acceptors (Lipinski definition) is 3. The van der Waals surface area contributed by atoms with E-state index in [9.17, 15) is 4.79 Å². The van der Waals surface area contributed by atoms with Gasteiger partial charge >= 0.3 is 5.97 Å². The molecule has 0 aliphatic carbocycles. The molecule has 0 bridgehead atoms. The first-order chi connectivity index (χ1) is 4.72. The van der Waals surface area contributed by atoms with Gasteiger partial charge in [0, 0.05) is 11.3 Å². The lowest BCUT2D eigenvalue weighted by atomic mass is 10.4. The fourth-order valence-electron chi connectivity index (χ4n) is 0.301. The van der Waals surface area contributed by atoms with Crippen LogP contribution < -0.4 is 0 Å². The number of esters is 1. The van der Waals surface area contributed by atoms with Crippen LogP contribution in [0.15, 0.2) is 24.8 Å². The lowest BCUT2D eigenvalue weighted by Gasteiger charge is -2.00. The molecule has 3 heteroatoms. The van der Waals surface area contributed by atoms with Gasteiger partial charge in [-0.05, 0) is 0 Å². The number of rotatable bonds is 4. The molecule has 0 atom stereocenters. The van der Waals surface area contributed by atoms with Crippen LogP contribution in [0.4, 0.5) is 0 Å². The molecule has 2 nitrogen and oxygen atoms in total. The largest absolute Gasteiger partial charge is 0.458 e. The maximum atomic E-state index is 10.7. The average molecular weight is 158 g/mol. The lowest BCUT2D eigenvalue weighted by Crippen LogP contribution is -2.07. The molecule has 0 saturated heterocycles. The van der Waals surface area contributed by atoms with Crippen molar-refractivity contribution in [3.05, 3.63) is 24.8 Å². The van der Waals surface area contributed by atoms with E-state index in [4.69, 9.17) is 0 Å². The number of hydrogen-bond donors (Lipinski definition) is 1. The Morgan fingerprint density at radius 2 is 2.30 bits per heavy atom. The highest BCUT2D eigenvalue weighted by Gasteiger charge is 2.03. The van der Waals surface area contributed by atoms with Crippen LogP contribution in [0.3, 0.4) is 0 Å². The van der Waals surface area contributed by atoms with Crippen molar-refractivity contribution in [3.8, 4) is 0 Å². The van der Waals surface area contributed by atoms with Gasteiger partial charge in [0.25, 0.3) is 0 Å². The Kier molecular flexibility index (Phi) is 4.76. The minimum absolute atomic E-state index is 0.228. The van der Waals surface area contributed by atoms with Crippen LogP contribution in [-0.4, -0.2) is 18.3 Å². The van der Waals surface area contributed by atoms with E-state index in [1.165, 1.54) is 6.08 Å². The van der Waals surface area contributed by atoms with Gasteiger partial charge in [-0.15, -0.1) is 0 Å². The summed E-state index contributed by atoms with van der Waals surface area (Å²) >= 11 is 3.85. The zero-order chi connectivity index (χ0) is 7.98. The molecule has 0 saturated carbocycles. The normalized spacial score (nSPS) is 8.50. The molecular weight excluding hydrogens is 148 g/mol. The third kappa shape index (κ3) is 3.35. The van der Waals surface area contributed by atoms with Crippen molar-refractivity contribution in [2.24, 2.45) is 0 Å². The molecule has 0 spiro atoms. The number of carbonyl (C=O) groups excluding carboxylic acids is 1. The molecule has 0 aliphatic heterocycles. The van der Waals surface area contributed by atoms with Gasteiger partial charge in [0.05, 0.1) is 0 Å². The van der Waals surface area contributed by atoms with Crippen LogP contribution in [0.1, 0.15) is 0 Å². The summed E-state index contributed by atoms with van der Waals surface area (Å²) in [4.78, 5) is 10.7. The molecule has 10 heavy (non-hydrogen) atoms. The van der Waals surface area contributed by atoms with Gasteiger partial charge in [-0.25, -0.2) is 4.79 Å². The summed E-state index contributed by atoms with van der Waals surface area (Å²) in [7, 11) is 0. The van der Waals surface area contributed by atoms with Crippen LogP contribution in [0.5, 0.6) is 0 Å². The second-order valence-electron chi connectivity index (χ2n) is 1.65. The van der Waals surface area contributed by atoms with Crippen LogP contribution >= 0.6 is 12.6 Å². The molecule has 0 fully saturated rings. The van der Waals surface area contributed by atoms with Crippen LogP contribution in [0.25, 0.3) is 0 Å². The minimum atomic E-state index is -0.407. The summed E-state index contributed by atoms with van der Waals surface area (Å²) in [6.45, 7) is 7.06. The summed E-state index contributed by atoms with van der Waals surface area (Å²) in [5.41, 5.74) is 0.366. The van der Waals surface area contributed by atoms with Crippen LogP contribution in [0, 0.1) is 0 Å². The smallest absolute Gasteiger partial charge is 0.334 e. The van der Waals surface area contributed by atoms with Gasteiger partial charge in [0.2, 0.25) is 0 Å². The Morgan fingerprint density at radius 1 is 1.70 bits per heavy atom. The van der Waals surface area contributed by atoms with E-state index in [-0.39, 0.29) is 6.61 Å². The standard InChI is InChI=1S/C7H10O2S/c1-3-4-9-7(8)6(2)5-10/h3,10H,1-2,4-5H2. The first-order valence-corrected chi connectivity index (χ1v) is 3.42. The molecule has 0 unspecified atom stereocenters. The first kappa shape index (κ1) is 9.30. The van der Waals surface area contributed by atoms with Crippen molar-refractivity contribution >= 4 is 18.6 Å². The molecule has 0 heterocycles. The van der Waals surface area contributed by atoms with Crippen molar-refractivity contribution in [1.82, 2.24) is 0 Å². The Morgan fingerprint density at radius 3 is 2.70 bits per heavy atom. The molecule has 0 aromatic rings.